The van der Waals surface area contributed by atoms with Gasteiger partial charge in [0.05, 0.1) is 18.1 Å². The lowest BCUT2D eigenvalue weighted by atomic mass is 10.3. The van der Waals surface area contributed by atoms with Crippen molar-refractivity contribution in [3.63, 3.8) is 0 Å². The van der Waals surface area contributed by atoms with Gasteiger partial charge in [0.25, 0.3) is 0 Å². The van der Waals surface area contributed by atoms with Crippen LogP contribution in [0.25, 0.3) is 5.82 Å². The van der Waals surface area contributed by atoms with Crippen LogP contribution in [-0.2, 0) is 9.59 Å². The summed E-state index contributed by atoms with van der Waals surface area (Å²) in [4.78, 5) is 39.2. The molecule has 0 saturated carbocycles. The van der Waals surface area contributed by atoms with Crippen molar-refractivity contribution in [3.8, 4) is 5.82 Å². The molecule has 0 atom stereocenters. The third-order valence-corrected chi connectivity index (χ3v) is 5.30. The predicted molar refractivity (Wildman–Crippen MR) is 103 cm³/mol. The van der Waals surface area contributed by atoms with Crippen molar-refractivity contribution in [2.45, 2.75) is 26.7 Å². The summed E-state index contributed by atoms with van der Waals surface area (Å²) in [7, 11) is 0. The van der Waals surface area contributed by atoms with E-state index in [9.17, 15) is 9.59 Å². The van der Waals surface area contributed by atoms with Crippen molar-refractivity contribution in [2.75, 3.05) is 44.2 Å². The van der Waals surface area contributed by atoms with E-state index in [-0.39, 0.29) is 11.8 Å². The molecule has 0 bridgehead atoms. The van der Waals surface area contributed by atoms with Gasteiger partial charge in [-0.25, -0.2) is 9.67 Å². The Morgan fingerprint density at radius 3 is 2.07 bits per heavy atom. The first-order valence-corrected chi connectivity index (χ1v) is 9.72. The normalized spacial score (nSPS) is 17.3. The maximum Gasteiger partial charge on any atom is 0.312 e. The van der Waals surface area contributed by atoms with Gasteiger partial charge in [-0.05, 0) is 32.8 Å². The minimum absolute atomic E-state index is 0.364. The molecule has 0 aliphatic carbocycles. The molecule has 0 unspecified atom stereocenters. The fraction of sp³-hybridized carbons (Fsp3) is 0.526. The van der Waals surface area contributed by atoms with Gasteiger partial charge in [0.1, 0.15) is 5.82 Å². The second-order valence-corrected chi connectivity index (χ2v) is 7.35. The molecule has 148 valence electrons. The van der Waals surface area contributed by atoms with Crippen LogP contribution in [0, 0.1) is 13.8 Å². The minimum Gasteiger partial charge on any atom is -0.352 e. The van der Waals surface area contributed by atoms with Gasteiger partial charge in [-0.1, -0.05) is 0 Å². The molecule has 2 aliphatic rings. The van der Waals surface area contributed by atoms with Crippen LogP contribution in [-0.4, -0.2) is 80.6 Å². The first kappa shape index (κ1) is 18.4. The Bertz CT molecular complexity index is 880. The number of carbonyl (C=O) groups is 2. The first-order valence-electron chi connectivity index (χ1n) is 9.72. The molecule has 2 aromatic heterocycles. The summed E-state index contributed by atoms with van der Waals surface area (Å²) in [5.74, 6) is 0.676. The number of nitrogens with zero attached hydrogens (tertiary/aromatic N) is 7. The van der Waals surface area contributed by atoms with E-state index in [1.807, 2.05) is 19.9 Å². The van der Waals surface area contributed by atoms with Crippen LogP contribution < -0.4 is 4.90 Å². The number of hydrogen-bond acceptors (Lipinski definition) is 6. The van der Waals surface area contributed by atoms with Gasteiger partial charge in [0.15, 0.2) is 5.82 Å². The molecule has 28 heavy (non-hydrogen) atoms. The van der Waals surface area contributed by atoms with Gasteiger partial charge in [-0.2, -0.15) is 5.10 Å². The first-order chi connectivity index (χ1) is 13.5. The van der Waals surface area contributed by atoms with E-state index in [2.05, 4.69) is 15.0 Å². The summed E-state index contributed by atoms with van der Waals surface area (Å²) in [6.07, 6.45) is 5.38. The van der Waals surface area contributed by atoms with Crippen molar-refractivity contribution in [1.29, 1.82) is 0 Å². The van der Waals surface area contributed by atoms with Crippen LogP contribution in [0.1, 0.15) is 24.2 Å². The zero-order valence-electron chi connectivity index (χ0n) is 16.3. The lowest BCUT2D eigenvalue weighted by Gasteiger charge is -2.35. The number of hydrogen-bond donors (Lipinski definition) is 0. The minimum atomic E-state index is -0.385. The second-order valence-electron chi connectivity index (χ2n) is 7.35. The molecule has 0 aromatic carbocycles. The van der Waals surface area contributed by atoms with Gasteiger partial charge in [-0.3, -0.25) is 14.6 Å². The largest absolute Gasteiger partial charge is 0.352 e. The Labute approximate surface area is 164 Å². The summed E-state index contributed by atoms with van der Waals surface area (Å²) in [5, 5.41) is 4.46. The fourth-order valence-electron chi connectivity index (χ4n) is 3.79. The third kappa shape index (κ3) is 3.56. The van der Waals surface area contributed by atoms with E-state index >= 15 is 0 Å². The van der Waals surface area contributed by atoms with Crippen LogP contribution in [0.15, 0.2) is 18.5 Å². The third-order valence-electron chi connectivity index (χ3n) is 5.30. The monoisotopic (exact) mass is 383 g/mol. The summed E-state index contributed by atoms with van der Waals surface area (Å²) >= 11 is 0. The van der Waals surface area contributed by atoms with Crippen molar-refractivity contribution >= 4 is 17.6 Å². The van der Waals surface area contributed by atoms with Gasteiger partial charge in [0.2, 0.25) is 0 Å². The fourth-order valence-corrected chi connectivity index (χ4v) is 3.79. The van der Waals surface area contributed by atoms with E-state index in [0.29, 0.717) is 45.1 Å². The van der Waals surface area contributed by atoms with Crippen molar-refractivity contribution in [3.05, 3.63) is 29.8 Å². The molecule has 2 aliphatic heterocycles. The maximum atomic E-state index is 12.5. The molecule has 4 rings (SSSR count). The Kier molecular flexibility index (Phi) is 4.97. The maximum absolute atomic E-state index is 12.5. The lowest BCUT2D eigenvalue weighted by Crippen LogP contribution is -2.53. The number of likely N-dealkylation sites (tertiary alicyclic amines) is 1. The molecule has 2 aromatic rings. The smallest absolute Gasteiger partial charge is 0.312 e. The van der Waals surface area contributed by atoms with Crippen molar-refractivity contribution in [1.82, 2.24) is 29.5 Å². The number of aryl methyl sites for hydroxylation is 2. The number of piperazine rings is 1. The van der Waals surface area contributed by atoms with Gasteiger partial charge in [-0.15, -0.1) is 0 Å². The van der Waals surface area contributed by atoms with Gasteiger partial charge in [0, 0.05) is 45.0 Å². The molecule has 0 radical (unpaired) electrons. The summed E-state index contributed by atoms with van der Waals surface area (Å²) in [6, 6.07) is 2.00. The predicted octanol–water partition coefficient (Wildman–Crippen LogP) is 0.550. The lowest BCUT2D eigenvalue weighted by molar-refractivity contribution is -0.151. The van der Waals surface area contributed by atoms with Crippen LogP contribution >= 0.6 is 0 Å². The SMILES string of the molecule is Cc1cc(C)n(-c2cncc(N3CCN(C(=O)C(=O)N4CCCC4)CC3)n2)n1. The zero-order chi connectivity index (χ0) is 19.7. The van der Waals surface area contributed by atoms with E-state index < -0.39 is 0 Å². The zero-order valence-corrected chi connectivity index (χ0v) is 16.3. The second kappa shape index (κ2) is 7.57. The molecule has 9 heteroatoms. The Hall–Kier alpha value is -2.97. The molecule has 4 heterocycles. The number of amides is 2. The van der Waals surface area contributed by atoms with Crippen molar-refractivity contribution < 1.29 is 9.59 Å². The molecule has 0 spiro atoms. The summed E-state index contributed by atoms with van der Waals surface area (Å²) < 4.78 is 1.78. The summed E-state index contributed by atoms with van der Waals surface area (Å²) in [5.41, 5.74) is 1.93. The topological polar surface area (TPSA) is 87.5 Å². The highest BCUT2D eigenvalue weighted by Crippen LogP contribution is 2.17. The van der Waals surface area contributed by atoms with Crippen LogP contribution in [0.2, 0.25) is 0 Å². The quantitative estimate of drug-likeness (QED) is 0.704. The molecule has 9 nitrogen and oxygen atoms in total. The highest BCUT2D eigenvalue weighted by molar-refractivity contribution is 6.35. The average Bonchev–Trinajstić information content (AvgIpc) is 3.36. The van der Waals surface area contributed by atoms with E-state index in [1.54, 1.807) is 26.9 Å². The molecule has 0 N–H and O–H groups in total. The van der Waals surface area contributed by atoms with Crippen LogP contribution in [0.3, 0.4) is 0 Å². The van der Waals surface area contributed by atoms with Crippen LogP contribution in [0.5, 0.6) is 0 Å². The Morgan fingerprint density at radius 1 is 0.857 bits per heavy atom. The van der Waals surface area contributed by atoms with E-state index in [1.165, 1.54) is 0 Å². The highest BCUT2D eigenvalue weighted by atomic mass is 16.2. The molecule has 2 amide bonds. The number of aromatic nitrogens is 4. The summed E-state index contributed by atoms with van der Waals surface area (Å²) in [6.45, 7) is 7.56. The van der Waals surface area contributed by atoms with Gasteiger partial charge >= 0.3 is 11.8 Å². The molecule has 2 saturated heterocycles. The van der Waals surface area contributed by atoms with E-state index in [4.69, 9.17) is 4.98 Å². The Morgan fingerprint density at radius 2 is 1.46 bits per heavy atom. The number of rotatable bonds is 2. The average molecular weight is 383 g/mol. The number of carbonyl (C=O) groups excluding carboxylic acids is 2. The highest BCUT2D eigenvalue weighted by Gasteiger charge is 2.31. The molecular formula is C19H25N7O2. The molecular weight excluding hydrogens is 358 g/mol. The van der Waals surface area contributed by atoms with E-state index in [0.717, 1.165) is 30.0 Å². The Balaban J connectivity index is 1.41. The number of anilines is 1. The van der Waals surface area contributed by atoms with Crippen LogP contribution in [0.4, 0.5) is 5.82 Å². The standard InChI is InChI=1S/C19H25N7O2/c1-14-11-15(2)26(22-14)17-13-20-12-16(21-17)23-7-9-25(10-8-23)19(28)18(27)24-5-3-4-6-24/h11-13H,3-10H2,1-2H3. The van der Waals surface area contributed by atoms with Crippen molar-refractivity contribution in [2.24, 2.45) is 0 Å². The van der Waals surface area contributed by atoms with Gasteiger partial charge < -0.3 is 14.7 Å². The molecule has 2 fully saturated rings.